The zero-order valence-electron chi connectivity index (χ0n) is 15.8. The highest BCUT2D eigenvalue weighted by Gasteiger charge is 2.33. The number of likely N-dealkylation sites (tertiary alicyclic amines) is 1. The van der Waals surface area contributed by atoms with E-state index in [-0.39, 0.29) is 17.6 Å². The Morgan fingerprint density at radius 2 is 1.90 bits per heavy atom. The molecule has 1 fully saturated rings. The van der Waals surface area contributed by atoms with Crippen LogP contribution in [0.1, 0.15) is 28.9 Å². The number of hydrogen-bond acceptors (Lipinski definition) is 3. The number of rotatable bonds is 3. The minimum Gasteiger partial charge on any atom is -0.490 e. The topological polar surface area (TPSA) is 47.4 Å². The van der Waals surface area contributed by atoms with Gasteiger partial charge in [-0.1, -0.05) is 6.07 Å². The predicted octanol–water partition coefficient (Wildman–Crippen LogP) is 4.28. The SMILES string of the molecule is Cn1ccc2c(OC3CCN(C(=O)c4ccc(C(F)(F)F)nc4)CC3)cccc21. The van der Waals surface area contributed by atoms with Crippen LogP contribution in [0.25, 0.3) is 10.9 Å². The summed E-state index contributed by atoms with van der Waals surface area (Å²) in [6.07, 6.45) is -0.248. The Balaban J connectivity index is 1.38. The summed E-state index contributed by atoms with van der Waals surface area (Å²) in [5.41, 5.74) is 0.243. The Bertz CT molecular complexity index is 1020. The third-order valence-corrected chi connectivity index (χ3v) is 5.21. The summed E-state index contributed by atoms with van der Waals surface area (Å²) in [5, 5.41) is 1.05. The number of alkyl halides is 3. The van der Waals surface area contributed by atoms with Crippen molar-refractivity contribution in [2.75, 3.05) is 13.1 Å². The van der Waals surface area contributed by atoms with E-state index in [9.17, 15) is 18.0 Å². The fourth-order valence-electron chi connectivity index (χ4n) is 3.60. The summed E-state index contributed by atoms with van der Waals surface area (Å²) in [4.78, 5) is 17.6. The third-order valence-electron chi connectivity index (χ3n) is 5.21. The molecule has 3 aromatic rings. The van der Waals surface area contributed by atoms with Gasteiger partial charge in [-0.25, -0.2) is 0 Å². The van der Waals surface area contributed by atoms with E-state index in [1.165, 1.54) is 6.07 Å². The molecule has 4 rings (SSSR count). The molecule has 1 saturated heterocycles. The van der Waals surface area contributed by atoms with Crippen LogP contribution in [0, 0.1) is 0 Å². The van der Waals surface area contributed by atoms with E-state index >= 15 is 0 Å². The summed E-state index contributed by atoms with van der Waals surface area (Å²) >= 11 is 0. The largest absolute Gasteiger partial charge is 0.490 e. The lowest BCUT2D eigenvalue weighted by Gasteiger charge is -2.32. The van der Waals surface area contributed by atoms with Crippen molar-refractivity contribution in [3.8, 4) is 5.75 Å². The molecule has 0 bridgehead atoms. The Labute approximate surface area is 165 Å². The lowest BCUT2D eigenvalue weighted by atomic mass is 10.1. The molecule has 1 aliphatic rings. The molecule has 5 nitrogen and oxygen atoms in total. The zero-order chi connectivity index (χ0) is 20.6. The van der Waals surface area contributed by atoms with Gasteiger partial charge in [0.2, 0.25) is 0 Å². The molecular weight excluding hydrogens is 383 g/mol. The number of piperidine rings is 1. The van der Waals surface area contributed by atoms with Crippen LogP contribution in [0.4, 0.5) is 13.2 Å². The molecule has 1 aliphatic heterocycles. The van der Waals surface area contributed by atoms with Crippen molar-refractivity contribution >= 4 is 16.8 Å². The quantitative estimate of drug-likeness (QED) is 0.656. The first-order chi connectivity index (χ1) is 13.8. The number of carbonyl (C=O) groups excluding carboxylic acids is 1. The predicted molar refractivity (Wildman–Crippen MR) is 102 cm³/mol. The van der Waals surface area contributed by atoms with Crippen LogP contribution < -0.4 is 4.74 Å². The number of carbonyl (C=O) groups is 1. The van der Waals surface area contributed by atoms with Gasteiger partial charge in [0.25, 0.3) is 5.91 Å². The van der Waals surface area contributed by atoms with Gasteiger partial charge in [-0.2, -0.15) is 13.2 Å². The normalized spacial score (nSPS) is 15.7. The molecule has 1 aromatic carbocycles. The first kappa shape index (κ1) is 19.3. The highest BCUT2D eigenvalue weighted by atomic mass is 19.4. The Morgan fingerprint density at radius 3 is 2.55 bits per heavy atom. The molecule has 3 heterocycles. The third kappa shape index (κ3) is 3.92. The van der Waals surface area contributed by atoms with Crippen molar-refractivity contribution in [3.63, 3.8) is 0 Å². The number of aryl methyl sites for hydroxylation is 1. The average Bonchev–Trinajstić information content (AvgIpc) is 3.10. The number of aromatic nitrogens is 2. The van der Waals surface area contributed by atoms with Gasteiger partial charge in [0.15, 0.2) is 0 Å². The van der Waals surface area contributed by atoms with Gasteiger partial charge in [0.05, 0.1) is 11.1 Å². The molecule has 0 N–H and O–H groups in total. The van der Waals surface area contributed by atoms with Crippen molar-refractivity contribution in [2.45, 2.75) is 25.1 Å². The summed E-state index contributed by atoms with van der Waals surface area (Å²) in [6.45, 7) is 0.963. The van der Waals surface area contributed by atoms with Gasteiger partial charge >= 0.3 is 6.18 Å². The van der Waals surface area contributed by atoms with Crippen LogP contribution in [-0.2, 0) is 13.2 Å². The molecule has 152 valence electrons. The number of halogens is 3. The molecule has 2 aromatic heterocycles. The van der Waals surface area contributed by atoms with Gasteiger partial charge in [-0.05, 0) is 30.3 Å². The Kier molecular flexibility index (Phi) is 4.94. The maximum Gasteiger partial charge on any atom is 0.433 e. The number of fused-ring (bicyclic) bond motifs is 1. The van der Waals surface area contributed by atoms with Crippen LogP contribution in [0.2, 0.25) is 0 Å². The smallest absolute Gasteiger partial charge is 0.433 e. The molecule has 0 saturated carbocycles. The Hall–Kier alpha value is -3.03. The van der Waals surface area contributed by atoms with Gasteiger partial charge in [0, 0.05) is 50.8 Å². The first-order valence-electron chi connectivity index (χ1n) is 9.36. The molecule has 0 unspecified atom stereocenters. The zero-order valence-corrected chi connectivity index (χ0v) is 15.8. The fourth-order valence-corrected chi connectivity index (χ4v) is 3.60. The van der Waals surface area contributed by atoms with Crippen molar-refractivity contribution in [1.82, 2.24) is 14.5 Å². The second-order valence-electron chi connectivity index (χ2n) is 7.15. The summed E-state index contributed by atoms with van der Waals surface area (Å²) in [5.74, 6) is 0.509. The average molecular weight is 403 g/mol. The number of amides is 1. The summed E-state index contributed by atoms with van der Waals surface area (Å²) in [6, 6.07) is 9.95. The summed E-state index contributed by atoms with van der Waals surface area (Å²) in [7, 11) is 1.98. The van der Waals surface area contributed by atoms with E-state index in [4.69, 9.17) is 4.74 Å². The fraction of sp³-hybridized carbons (Fsp3) is 0.333. The van der Waals surface area contributed by atoms with Crippen LogP contribution in [-0.4, -0.2) is 39.6 Å². The molecule has 0 spiro atoms. The van der Waals surface area contributed by atoms with Crippen molar-refractivity contribution in [2.24, 2.45) is 7.05 Å². The van der Waals surface area contributed by atoms with Crippen LogP contribution in [0.3, 0.4) is 0 Å². The van der Waals surface area contributed by atoms with E-state index < -0.39 is 11.9 Å². The molecule has 0 radical (unpaired) electrons. The van der Waals surface area contributed by atoms with Gasteiger partial charge in [-0.3, -0.25) is 9.78 Å². The monoisotopic (exact) mass is 403 g/mol. The molecule has 0 atom stereocenters. The number of pyridine rings is 1. The van der Waals surface area contributed by atoms with Crippen LogP contribution in [0.5, 0.6) is 5.75 Å². The molecule has 8 heteroatoms. The van der Waals surface area contributed by atoms with E-state index in [1.807, 2.05) is 42.1 Å². The second-order valence-corrected chi connectivity index (χ2v) is 7.15. The van der Waals surface area contributed by atoms with Crippen LogP contribution >= 0.6 is 0 Å². The maximum atomic E-state index is 12.6. The number of ether oxygens (including phenoxy) is 1. The number of benzene rings is 1. The maximum absolute atomic E-state index is 12.6. The van der Waals surface area contributed by atoms with E-state index in [0.29, 0.717) is 25.9 Å². The van der Waals surface area contributed by atoms with E-state index in [0.717, 1.165) is 28.9 Å². The number of hydrogen-bond donors (Lipinski definition) is 0. The highest BCUT2D eigenvalue weighted by Crippen LogP contribution is 2.29. The van der Waals surface area contributed by atoms with Crippen molar-refractivity contribution in [3.05, 3.63) is 60.0 Å². The lowest BCUT2D eigenvalue weighted by Crippen LogP contribution is -2.41. The highest BCUT2D eigenvalue weighted by molar-refractivity contribution is 5.94. The minimum absolute atomic E-state index is 0.0180. The van der Waals surface area contributed by atoms with Gasteiger partial charge in [-0.15, -0.1) is 0 Å². The Morgan fingerprint density at radius 1 is 1.14 bits per heavy atom. The van der Waals surface area contributed by atoms with Crippen molar-refractivity contribution in [1.29, 1.82) is 0 Å². The van der Waals surface area contributed by atoms with Gasteiger partial charge in [0.1, 0.15) is 17.5 Å². The minimum atomic E-state index is -4.52. The standard InChI is InChI=1S/C21H20F3N3O2/c1-26-10-9-16-17(26)3-2-4-18(16)29-15-7-11-27(12-8-15)20(28)14-5-6-19(25-13-14)21(22,23)24/h2-6,9-10,13,15H,7-8,11-12H2,1H3. The summed E-state index contributed by atoms with van der Waals surface area (Å²) < 4.78 is 46.1. The molecule has 1 amide bonds. The molecular formula is C21H20F3N3O2. The molecule has 0 aliphatic carbocycles. The van der Waals surface area contributed by atoms with E-state index in [2.05, 4.69) is 4.98 Å². The first-order valence-corrected chi connectivity index (χ1v) is 9.36. The van der Waals surface area contributed by atoms with Crippen LogP contribution in [0.15, 0.2) is 48.8 Å². The lowest BCUT2D eigenvalue weighted by molar-refractivity contribution is -0.141. The van der Waals surface area contributed by atoms with Crippen molar-refractivity contribution < 1.29 is 22.7 Å². The number of nitrogens with zero attached hydrogens (tertiary/aromatic N) is 3. The second kappa shape index (κ2) is 7.42. The van der Waals surface area contributed by atoms with E-state index in [1.54, 1.807) is 4.90 Å². The molecule has 29 heavy (non-hydrogen) atoms. The van der Waals surface area contributed by atoms with Gasteiger partial charge < -0.3 is 14.2 Å².